The number of carbonyl (C=O) groups excluding carboxylic acids is 1. The first-order valence-electron chi connectivity index (χ1n) is 6.27. The summed E-state index contributed by atoms with van der Waals surface area (Å²) in [7, 11) is 0. The zero-order chi connectivity index (χ0) is 12.1. The maximum Gasteiger partial charge on any atom is 0.219 e. The number of nitrogens with two attached hydrogens (primary N) is 1. The Hall–Kier alpha value is -0.610. The number of hydrogen-bond acceptors (Lipinski definition) is 3. The van der Waals surface area contributed by atoms with Gasteiger partial charge in [0.15, 0.2) is 0 Å². The van der Waals surface area contributed by atoms with Crippen LogP contribution in [-0.4, -0.2) is 54.0 Å². The van der Waals surface area contributed by atoms with E-state index in [9.17, 15) is 4.79 Å². The SMILES string of the molecule is CC(=O)N1CCC(N(CCN)C(C)C)CC1. The van der Waals surface area contributed by atoms with Gasteiger partial charge in [-0.1, -0.05) is 0 Å². The lowest BCUT2D eigenvalue weighted by Gasteiger charge is -2.40. The topological polar surface area (TPSA) is 49.6 Å². The van der Waals surface area contributed by atoms with Crippen LogP contribution in [0.3, 0.4) is 0 Å². The molecule has 4 heteroatoms. The third-order valence-corrected chi connectivity index (χ3v) is 3.43. The molecule has 4 nitrogen and oxygen atoms in total. The van der Waals surface area contributed by atoms with E-state index < -0.39 is 0 Å². The highest BCUT2D eigenvalue weighted by atomic mass is 16.2. The molecule has 16 heavy (non-hydrogen) atoms. The van der Waals surface area contributed by atoms with E-state index in [1.54, 1.807) is 6.92 Å². The predicted octanol–water partition coefficient (Wildman–Crippen LogP) is 0.666. The van der Waals surface area contributed by atoms with Crippen molar-refractivity contribution < 1.29 is 4.79 Å². The molecule has 0 radical (unpaired) electrons. The molecular weight excluding hydrogens is 202 g/mol. The molecule has 1 fully saturated rings. The Balaban J connectivity index is 2.47. The van der Waals surface area contributed by atoms with Crippen LogP contribution in [0.25, 0.3) is 0 Å². The third kappa shape index (κ3) is 3.46. The van der Waals surface area contributed by atoms with Crippen LogP contribution in [0.15, 0.2) is 0 Å². The van der Waals surface area contributed by atoms with Crippen LogP contribution in [-0.2, 0) is 4.79 Å². The van der Waals surface area contributed by atoms with Gasteiger partial charge in [0.25, 0.3) is 0 Å². The summed E-state index contributed by atoms with van der Waals surface area (Å²) in [6.07, 6.45) is 2.16. The van der Waals surface area contributed by atoms with Gasteiger partial charge in [0.2, 0.25) is 5.91 Å². The normalized spacial score (nSPS) is 18.5. The first kappa shape index (κ1) is 13.5. The second kappa shape index (κ2) is 6.21. The zero-order valence-electron chi connectivity index (χ0n) is 10.8. The van der Waals surface area contributed by atoms with Crippen LogP contribution in [0.4, 0.5) is 0 Å². The highest BCUT2D eigenvalue weighted by Crippen LogP contribution is 2.18. The van der Waals surface area contributed by atoms with Crippen molar-refractivity contribution in [3.05, 3.63) is 0 Å². The summed E-state index contributed by atoms with van der Waals surface area (Å²) in [5.74, 6) is 0.202. The van der Waals surface area contributed by atoms with Crippen molar-refractivity contribution in [1.29, 1.82) is 0 Å². The van der Waals surface area contributed by atoms with E-state index in [1.807, 2.05) is 4.90 Å². The van der Waals surface area contributed by atoms with Gasteiger partial charge in [0, 0.05) is 45.2 Å². The summed E-state index contributed by atoms with van der Waals surface area (Å²) < 4.78 is 0. The minimum Gasteiger partial charge on any atom is -0.343 e. The molecule has 0 aromatic rings. The third-order valence-electron chi connectivity index (χ3n) is 3.43. The molecule has 0 spiro atoms. The first-order chi connectivity index (χ1) is 7.56. The van der Waals surface area contributed by atoms with Gasteiger partial charge >= 0.3 is 0 Å². The van der Waals surface area contributed by atoms with Crippen LogP contribution in [0.1, 0.15) is 33.6 Å². The van der Waals surface area contributed by atoms with Gasteiger partial charge in [-0.05, 0) is 26.7 Å². The average molecular weight is 227 g/mol. The summed E-state index contributed by atoms with van der Waals surface area (Å²) in [5, 5.41) is 0. The molecule has 0 aromatic carbocycles. The van der Waals surface area contributed by atoms with E-state index in [1.165, 1.54) is 0 Å². The van der Waals surface area contributed by atoms with Crippen molar-refractivity contribution in [3.8, 4) is 0 Å². The number of likely N-dealkylation sites (tertiary alicyclic amines) is 1. The van der Waals surface area contributed by atoms with Crippen LogP contribution in [0, 0.1) is 0 Å². The van der Waals surface area contributed by atoms with Crippen molar-refractivity contribution >= 4 is 5.91 Å². The summed E-state index contributed by atoms with van der Waals surface area (Å²) >= 11 is 0. The monoisotopic (exact) mass is 227 g/mol. The van der Waals surface area contributed by atoms with Gasteiger partial charge in [-0.3, -0.25) is 9.69 Å². The highest BCUT2D eigenvalue weighted by Gasteiger charge is 2.26. The van der Waals surface area contributed by atoms with Crippen LogP contribution < -0.4 is 5.73 Å². The van der Waals surface area contributed by atoms with Crippen molar-refractivity contribution in [2.24, 2.45) is 5.73 Å². The fraction of sp³-hybridized carbons (Fsp3) is 0.917. The fourth-order valence-electron chi connectivity index (χ4n) is 2.52. The number of carbonyl (C=O) groups is 1. The lowest BCUT2D eigenvalue weighted by atomic mass is 10.0. The molecule has 1 heterocycles. The second-order valence-electron chi connectivity index (χ2n) is 4.86. The Morgan fingerprint density at radius 2 is 2.00 bits per heavy atom. The smallest absolute Gasteiger partial charge is 0.219 e. The van der Waals surface area contributed by atoms with E-state index in [-0.39, 0.29) is 5.91 Å². The summed E-state index contributed by atoms with van der Waals surface area (Å²) in [6, 6.07) is 1.14. The lowest BCUT2D eigenvalue weighted by molar-refractivity contribution is -0.130. The summed E-state index contributed by atoms with van der Waals surface area (Å²) in [5.41, 5.74) is 5.64. The number of amides is 1. The van der Waals surface area contributed by atoms with Gasteiger partial charge < -0.3 is 10.6 Å². The predicted molar refractivity (Wildman–Crippen MR) is 66.2 cm³/mol. The number of piperidine rings is 1. The Morgan fingerprint density at radius 3 is 2.38 bits per heavy atom. The maximum absolute atomic E-state index is 11.2. The molecule has 1 aliphatic heterocycles. The van der Waals surface area contributed by atoms with Gasteiger partial charge in [-0.25, -0.2) is 0 Å². The second-order valence-corrected chi connectivity index (χ2v) is 4.86. The number of rotatable bonds is 4. The fourth-order valence-corrected chi connectivity index (χ4v) is 2.52. The van der Waals surface area contributed by atoms with E-state index in [0.717, 1.165) is 32.5 Å². The Labute approximate surface area is 98.8 Å². The number of hydrogen-bond donors (Lipinski definition) is 1. The Morgan fingerprint density at radius 1 is 1.44 bits per heavy atom. The molecule has 1 rings (SSSR count). The molecule has 2 N–H and O–H groups in total. The van der Waals surface area contributed by atoms with Crippen LogP contribution in [0.5, 0.6) is 0 Å². The maximum atomic E-state index is 11.2. The van der Waals surface area contributed by atoms with Crippen molar-refractivity contribution in [3.63, 3.8) is 0 Å². The molecule has 1 aliphatic rings. The van der Waals surface area contributed by atoms with Crippen molar-refractivity contribution in [2.75, 3.05) is 26.2 Å². The molecule has 0 unspecified atom stereocenters. The van der Waals surface area contributed by atoms with Gasteiger partial charge in [-0.15, -0.1) is 0 Å². The summed E-state index contributed by atoms with van der Waals surface area (Å²) in [4.78, 5) is 15.6. The zero-order valence-corrected chi connectivity index (χ0v) is 10.8. The molecule has 0 aromatic heterocycles. The minimum atomic E-state index is 0.202. The Bertz CT molecular complexity index is 222. The van der Waals surface area contributed by atoms with Crippen LogP contribution in [0.2, 0.25) is 0 Å². The van der Waals surface area contributed by atoms with Gasteiger partial charge in [-0.2, -0.15) is 0 Å². The largest absolute Gasteiger partial charge is 0.343 e. The molecular formula is C12H25N3O. The van der Waals surface area contributed by atoms with Crippen LogP contribution >= 0.6 is 0 Å². The van der Waals surface area contributed by atoms with Crippen molar-refractivity contribution in [2.45, 2.75) is 45.7 Å². The standard InChI is InChI=1S/C12H25N3O/c1-10(2)15(9-6-13)12-4-7-14(8-5-12)11(3)16/h10,12H,4-9,13H2,1-3H3. The molecule has 1 amide bonds. The average Bonchev–Trinajstić information content (AvgIpc) is 2.25. The number of nitrogens with zero attached hydrogens (tertiary/aromatic N) is 2. The van der Waals surface area contributed by atoms with E-state index >= 15 is 0 Å². The van der Waals surface area contributed by atoms with Crippen molar-refractivity contribution in [1.82, 2.24) is 9.80 Å². The Kier molecular flexibility index (Phi) is 5.22. The highest BCUT2D eigenvalue weighted by molar-refractivity contribution is 5.73. The molecule has 0 saturated carbocycles. The van der Waals surface area contributed by atoms with Gasteiger partial charge in [0.05, 0.1) is 0 Å². The lowest BCUT2D eigenvalue weighted by Crippen LogP contribution is -2.49. The first-order valence-corrected chi connectivity index (χ1v) is 6.27. The summed E-state index contributed by atoms with van der Waals surface area (Å²) in [6.45, 7) is 9.55. The molecule has 0 atom stereocenters. The van der Waals surface area contributed by atoms with E-state index in [0.29, 0.717) is 18.6 Å². The quantitative estimate of drug-likeness (QED) is 0.768. The molecule has 94 valence electrons. The van der Waals surface area contributed by atoms with E-state index in [4.69, 9.17) is 5.73 Å². The van der Waals surface area contributed by atoms with E-state index in [2.05, 4.69) is 18.7 Å². The molecule has 1 saturated heterocycles. The molecule has 0 aliphatic carbocycles. The minimum absolute atomic E-state index is 0.202. The van der Waals surface area contributed by atoms with Gasteiger partial charge in [0.1, 0.15) is 0 Å². The molecule has 0 bridgehead atoms.